The molecule has 4 rings (SSSR count). The van der Waals surface area contributed by atoms with E-state index in [1.807, 2.05) is 72.8 Å². The monoisotopic (exact) mass is 382 g/mol. The van der Waals surface area contributed by atoms with Gasteiger partial charge in [0.05, 0.1) is 9.79 Å². The van der Waals surface area contributed by atoms with Gasteiger partial charge < -0.3 is 4.74 Å². The van der Waals surface area contributed by atoms with Crippen molar-refractivity contribution in [1.82, 2.24) is 5.32 Å². The Labute approximate surface area is 157 Å². The third kappa shape index (κ3) is 3.67. The zero-order valence-electron chi connectivity index (χ0n) is 13.8. The van der Waals surface area contributed by atoms with E-state index in [1.165, 1.54) is 0 Å². The highest BCUT2D eigenvalue weighted by molar-refractivity contribution is 7.99. The number of hydrogen-bond acceptors (Lipinski definition) is 4. The normalized spacial score (nSPS) is 14.0. The lowest BCUT2D eigenvalue weighted by molar-refractivity contribution is 0.452. The fourth-order valence-corrected chi connectivity index (χ4v) is 4.51. The van der Waals surface area contributed by atoms with Crippen LogP contribution in [-0.4, -0.2) is 4.89 Å². The third-order valence-corrected chi connectivity index (χ3v) is 6.15. The molecule has 0 radical (unpaired) electrons. The van der Waals surface area contributed by atoms with Crippen molar-refractivity contribution < 1.29 is 14.2 Å². The van der Waals surface area contributed by atoms with E-state index in [-0.39, 0.29) is 0 Å². The standard InChI is InChI=1S/C20H16NO3PS/c22-25(23)20(21-13-14-6-2-1-3-7-14)15-10-11-17-19(12-15)26-18-9-5-4-8-16(18)24-17/h1-12,20-21H,13H2/p+1. The van der Waals surface area contributed by atoms with E-state index in [9.17, 15) is 9.46 Å². The van der Waals surface area contributed by atoms with Gasteiger partial charge >= 0.3 is 8.03 Å². The lowest BCUT2D eigenvalue weighted by Crippen LogP contribution is -2.18. The predicted octanol–water partition coefficient (Wildman–Crippen LogP) is 5.47. The molecule has 0 spiro atoms. The van der Waals surface area contributed by atoms with Crippen LogP contribution < -0.4 is 10.1 Å². The van der Waals surface area contributed by atoms with Crippen LogP contribution in [0.2, 0.25) is 0 Å². The summed E-state index contributed by atoms with van der Waals surface area (Å²) >= 11 is 1.61. The minimum atomic E-state index is -2.41. The van der Waals surface area contributed by atoms with Crippen LogP contribution >= 0.6 is 19.8 Å². The molecule has 4 nitrogen and oxygen atoms in total. The zero-order chi connectivity index (χ0) is 17.9. The van der Waals surface area contributed by atoms with Gasteiger partial charge in [-0.15, -0.1) is 0 Å². The smallest absolute Gasteiger partial charge is 0.455 e. The molecule has 0 saturated heterocycles. The molecule has 3 aromatic rings. The largest absolute Gasteiger partial charge is 0.529 e. The summed E-state index contributed by atoms with van der Waals surface area (Å²) in [7, 11) is -2.41. The molecule has 2 atom stereocenters. The minimum Gasteiger partial charge on any atom is -0.455 e. The van der Waals surface area contributed by atoms with Gasteiger partial charge in [-0.25, -0.2) is 0 Å². The average molecular weight is 382 g/mol. The first-order valence-electron chi connectivity index (χ1n) is 8.22. The van der Waals surface area contributed by atoms with Crippen molar-refractivity contribution in [3.05, 3.63) is 83.9 Å². The van der Waals surface area contributed by atoms with Gasteiger partial charge in [0.25, 0.3) is 5.78 Å². The minimum absolute atomic E-state index is 0.525. The first-order chi connectivity index (χ1) is 12.7. The van der Waals surface area contributed by atoms with Crippen LogP contribution in [0.1, 0.15) is 16.9 Å². The highest BCUT2D eigenvalue weighted by Gasteiger charge is 2.32. The topological polar surface area (TPSA) is 58.6 Å². The van der Waals surface area contributed by atoms with E-state index in [0.29, 0.717) is 6.54 Å². The Morgan fingerprint density at radius 2 is 1.69 bits per heavy atom. The Balaban J connectivity index is 1.57. The summed E-state index contributed by atoms with van der Waals surface area (Å²) in [5.74, 6) is 0.977. The van der Waals surface area contributed by atoms with Crippen LogP contribution in [0.25, 0.3) is 0 Å². The van der Waals surface area contributed by atoms with Crippen LogP contribution in [0, 0.1) is 0 Å². The Morgan fingerprint density at radius 1 is 0.962 bits per heavy atom. The Morgan fingerprint density at radius 3 is 2.50 bits per heavy atom. The van der Waals surface area contributed by atoms with Gasteiger partial charge in [-0.3, -0.25) is 5.32 Å². The van der Waals surface area contributed by atoms with Gasteiger partial charge in [-0.2, -0.15) is 4.89 Å². The van der Waals surface area contributed by atoms with E-state index in [2.05, 4.69) is 5.32 Å². The molecule has 0 aromatic heterocycles. The lowest BCUT2D eigenvalue weighted by Gasteiger charge is -2.20. The molecular formula is C20H17NO3PS+. The Hall–Kier alpha value is -2.17. The maximum absolute atomic E-state index is 11.9. The van der Waals surface area contributed by atoms with Gasteiger partial charge in [0.15, 0.2) is 0 Å². The molecule has 0 saturated carbocycles. The molecule has 2 N–H and O–H groups in total. The summed E-state index contributed by atoms with van der Waals surface area (Å²) in [5.41, 5.74) is 1.85. The van der Waals surface area contributed by atoms with Crippen LogP contribution in [0.5, 0.6) is 11.5 Å². The van der Waals surface area contributed by atoms with Gasteiger partial charge in [0, 0.05) is 12.1 Å². The summed E-state index contributed by atoms with van der Waals surface area (Å²) in [6.07, 6.45) is 0. The number of benzene rings is 3. The Bertz CT molecular complexity index is 949. The van der Waals surface area contributed by atoms with E-state index < -0.39 is 13.8 Å². The highest BCUT2D eigenvalue weighted by atomic mass is 32.2. The van der Waals surface area contributed by atoms with E-state index >= 15 is 0 Å². The molecule has 6 heteroatoms. The Kier molecular flexibility index (Phi) is 5.05. The van der Waals surface area contributed by atoms with Crippen LogP contribution in [0.15, 0.2) is 82.6 Å². The van der Waals surface area contributed by atoms with Crippen LogP contribution in [0.3, 0.4) is 0 Å². The molecule has 2 unspecified atom stereocenters. The van der Waals surface area contributed by atoms with Crippen molar-refractivity contribution in [2.24, 2.45) is 0 Å². The molecule has 0 fully saturated rings. The maximum atomic E-state index is 11.9. The molecule has 1 aliphatic rings. The number of para-hydroxylation sites is 1. The van der Waals surface area contributed by atoms with Gasteiger partial charge in [-0.05, 0) is 40.5 Å². The van der Waals surface area contributed by atoms with Crippen LogP contribution in [-0.2, 0) is 11.1 Å². The van der Waals surface area contributed by atoms with Crippen molar-refractivity contribution in [3.8, 4) is 11.5 Å². The predicted molar refractivity (Wildman–Crippen MR) is 103 cm³/mol. The fourth-order valence-electron chi connectivity index (χ4n) is 2.85. The summed E-state index contributed by atoms with van der Waals surface area (Å²) < 4.78 is 17.9. The second-order valence-corrected chi connectivity index (χ2v) is 8.13. The first-order valence-corrected chi connectivity index (χ1v) is 10.3. The average Bonchev–Trinajstić information content (AvgIpc) is 2.67. The second kappa shape index (κ2) is 7.60. The summed E-state index contributed by atoms with van der Waals surface area (Å²) in [6.45, 7) is 0.525. The third-order valence-electron chi connectivity index (χ3n) is 4.14. The molecule has 0 aliphatic carbocycles. The molecule has 26 heavy (non-hydrogen) atoms. The first kappa shape index (κ1) is 17.3. The maximum Gasteiger partial charge on any atom is 0.529 e. The van der Waals surface area contributed by atoms with E-state index in [4.69, 9.17) is 4.74 Å². The van der Waals surface area contributed by atoms with Gasteiger partial charge in [-0.1, -0.05) is 54.2 Å². The molecule has 0 bridgehead atoms. The van der Waals surface area contributed by atoms with Crippen molar-refractivity contribution in [2.75, 3.05) is 0 Å². The second-order valence-electron chi connectivity index (χ2n) is 5.93. The van der Waals surface area contributed by atoms with Crippen molar-refractivity contribution in [2.45, 2.75) is 22.1 Å². The fraction of sp³-hybridized carbons (Fsp3) is 0.100. The van der Waals surface area contributed by atoms with Crippen molar-refractivity contribution >= 4 is 19.8 Å². The number of fused-ring (bicyclic) bond motifs is 2. The van der Waals surface area contributed by atoms with E-state index in [1.54, 1.807) is 11.8 Å². The number of rotatable bonds is 5. The number of nitrogens with one attached hydrogen (secondary N) is 1. The summed E-state index contributed by atoms with van der Waals surface area (Å²) in [6, 6.07) is 23.3. The van der Waals surface area contributed by atoms with E-state index in [0.717, 1.165) is 32.4 Å². The SMILES string of the molecule is O=[P+](O)C(NCc1ccccc1)c1ccc2c(c1)Sc1ccccc1O2. The zero-order valence-corrected chi connectivity index (χ0v) is 15.5. The molecule has 1 aliphatic heterocycles. The summed E-state index contributed by atoms with van der Waals surface area (Å²) in [5, 5.41) is 3.19. The van der Waals surface area contributed by atoms with Crippen molar-refractivity contribution in [3.63, 3.8) is 0 Å². The molecular weight excluding hydrogens is 365 g/mol. The number of hydrogen-bond donors (Lipinski definition) is 2. The van der Waals surface area contributed by atoms with Crippen LogP contribution in [0.4, 0.5) is 0 Å². The molecule has 3 aromatic carbocycles. The highest BCUT2D eigenvalue weighted by Crippen LogP contribution is 2.48. The molecule has 0 amide bonds. The van der Waals surface area contributed by atoms with Crippen molar-refractivity contribution in [1.29, 1.82) is 0 Å². The summed E-state index contributed by atoms with van der Waals surface area (Å²) in [4.78, 5) is 11.8. The lowest BCUT2D eigenvalue weighted by atomic mass is 10.2. The number of ether oxygens (including phenoxy) is 1. The molecule has 130 valence electrons. The van der Waals surface area contributed by atoms with Gasteiger partial charge in [0.1, 0.15) is 11.5 Å². The van der Waals surface area contributed by atoms with Gasteiger partial charge in [0.2, 0.25) is 0 Å². The molecule has 1 heterocycles. The quantitative estimate of drug-likeness (QED) is 0.449.